The van der Waals surface area contributed by atoms with Crippen molar-refractivity contribution in [3.05, 3.63) is 29.3 Å². The highest BCUT2D eigenvalue weighted by Crippen LogP contribution is 2.26. The smallest absolute Gasteiger partial charge is 0.183 e. The van der Waals surface area contributed by atoms with Gasteiger partial charge in [0, 0.05) is 24.2 Å². The number of halogens is 1. The molecule has 1 aromatic carbocycles. The fourth-order valence-corrected chi connectivity index (χ4v) is 7.43. The van der Waals surface area contributed by atoms with E-state index in [0.29, 0.717) is 18.1 Å². The highest BCUT2D eigenvalue weighted by Gasteiger charge is 2.45. The minimum Gasteiger partial charge on any atom is -0.310 e. The summed E-state index contributed by atoms with van der Waals surface area (Å²) in [5.74, 6) is -0.504. The van der Waals surface area contributed by atoms with Crippen molar-refractivity contribution >= 4 is 31.3 Å². The van der Waals surface area contributed by atoms with Gasteiger partial charge >= 0.3 is 0 Å². The standard InChI is InChI=1S/C14H21ClN2O4S2/c1-17(2)8-7-16-13-9-22(18,19)10-14(13)23(20,21)12-5-3-11(15)4-6-12/h3-6,13-14,16H,7-10H2,1-2H3/t13-,14-/m0/s1. The van der Waals surface area contributed by atoms with Gasteiger partial charge in [-0.3, -0.25) is 0 Å². The van der Waals surface area contributed by atoms with E-state index < -0.39 is 31.0 Å². The van der Waals surface area contributed by atoms with Crippen molar-refractivity contribution in [2.75, 3.05) is 38.7 Å². The Kier molecular flexibility index (Phi) is 5.73. The van der Waals surface area contributed by atoms with Gasteiger partial charge < -0.3 is 10.2 Å². The highest BCUT2D eigenvalue weighted by atomic mass is 35.5. The molecular weight excluding hydrogens is 360 g/mol. The van der Waals surface area contributed by atoms with Crippen LogP contribution in [0.25, 0.3) is 0 Å². The van der Waals surface area contributed by atoms with E-state index in [-0.39, 0.29) is 16.4 Å². The second-order valence-electron chi connectivity index (χ2n) is 5.98. The van der Waals surface area contributed by atoms with Crippen molar-refractivity contribution in [2.24, 2.45) is 0 Å². The summed E-state index contributed by atoms with van der Waals surface area (Å²) in [6, 6.07) is 5.22. The van der Waals surface area contributed by atoms with E-state index >= 15 is 0 Å². The first kappa shape index (κ1) is 18.7. The maximum atomic E-state index is 12.8. The van der Waals surface area contributed by atoms with E-state index in [2.05, 4.69) is 5.32 Å². The van der Waals surface area contributed by atoms with E-state index in [4.69, 9.17) is 11.6 Å². The molecule has 9 heteroatoms. The highest BCUT2D eigenvalue weighted by molar-refractivity contribution is 7.96. The summed E-state index contributed by atoms with van der Waals surface area (Å²) < 4.78 is 49.5. The van der Waals surface area contributed by atoms with Crippen LogP contribution in [0.2, 0.25) is 5.02 Å². The van der Waals surface area contributed by atoms with Crippen LogP contribution in [0.4, 0.5) is 0 Å². The van der Waals surface area contributed by atoms with Crippen LogP contribution < -0.4 is 5.32 Å². The van der Waals surface area contributed by atoms with Gasteiger partial charge in [0.2, 0.25) is 0 Å². The first-order chi connectivity index (χ1) is 10.6. The summed E-state index contributed by atoms with van der Waals surface area (Å²) in [4.78, 5) is 2.04. The number of nitrogens with zero attached hydrogens (tertiary/aromatic N) is 1. The number of nitrogens with one attached hydrogen (secondary N) is 1. The molecule has 1 saturated heterocycles. The Morgan fingerprint density at radius 1 is 1.22 bits per heavy atom. The number of sulfone groups is 2. The Labute approximate surface area is 142 Å². The molecule has 1 aromatic rings. The van der Waals surface area contributed by atoms with Gasteiger partial charge in [0.1, 0.15) is 0 Å². The Hall–Kier alpha value is -0.670. The van der Waals surface area contributed by atoms with E-state index in [1.807, 2.05) is 19.0 Å². The van der Waals surface area contributed by atoms with Crippen LogP contribution >= 0.6 is 11.6 Å². The lowest BCUT2D eigenvalue weighted by Crippen LogP contribution is -2.45. The fraction of sp³-hybridized carbons (Fsp3) is 0.571. The predicted molar refractivity (Wildman–Crippen MR) is 91.4 cm³/mol. The maximum absolute atomic E-state index is 12.8. The summed E-state index contributed by atoms with van der Waals surface area (Å²) in [5.41, 5.74) is 0. The molecule has 0 aliphatic carbocycles. The van der Waals surface area contributed by atoms with Crippen LogP contribution in [0, 0.1) is 0 Å². The lowest BCUT2D eigenvalue weighted by atomic mass is 10.2. The molecule has 0 radical (unpaired) electrons. The van der Waals surface area contributed by atoms with Gasteiger partial charge in [-0.1, -0.05) is 11.6 Å². The quantitative estimate of drug-likeness (QED) is 0.770. The van der Waals surface area contributed by atoms with Crippen LogP contribution in [0.3, 0.4) is 0 Å². The minimum atomic E-state index is -3.74. The summed E-state index contributed by atoms with van der Waals surface area (Å²) in [6.07, 6.45) is 0. The Morgan fingerprint density at radius 2 is 1.83 bits per heavy atom. The number of hydrogen-bond acceptors (Lipinski definition) is 6. The van der Waals surface area contributed by atoms with Gasteiger partial charge in [-0.05, 0) is 38.4 Å². The first-order valence-electron chi connectivity index (χ1n) is 7.20. The molecule has 0 aromatic heterocycles. The molecule has 1 N–H and O–H groups in total. The Bertz CT molecular complexity index is 745. The van der Waals surface area contributed by atoms with Gasteiger partial charge in [0.15, 0.2) is 19.7 Å². The summed E-state index contributed by atoms with van der Waals surface area (Å²) in [5, 5.41) is 2.54. The fourth-order valence-electron chi connectivity index (χ4n) is 2.58. The number of hydrogen-bond donors (Lipinski definition) is 1. The van der Waals surface area contributed by atoms with Crippen LogP contribution in [0.1, 0.15) is 0 Å². The van der Waals surface area contributed by atoms with Crippen molar-refractivity contribution in [3.63, 3.8) is 0 Å². The zero-order valence-corrected chi connectivity index (χ0v) is 15.5. The summed E-state index contributed by atoms with van der Waals surface area (Å²) >= 11 is 5.79. The normalized spacial score (nSPS) is 24.2. The lowest BCUT2D eigenvalue weighted by Gasteiger charge is -2.21. The maximum Gasteiger partial charge on any atom is 0.183 e. The minimum absolute atomic E-state index is 0.100. The van der Waals surface area contributed by atoms with Crippen molar-refractivity contribution in [1.29, 1.82) is 0 Å². The average molecular weight is 381 g/mol. The SMILES string of the molecule is CN(C)CCN[C@H]1CS(=O)(=O)C[C@@H]1S(=O)(=O)c1ccc(Cl)cc1. The van der Waals surface area contributed by atoms with Gasteiger partial charge in [0.05, 0.1) is 21.7 Å². The van der Waals surface area contributed by atoms with Crippen molar-refractivity contribution < 1.29 is 16.8 Å². The van der Waals surface area contributed by atoms with E-state index in [0.717, 1.165) is 0 Å². The zero-order chi connectivity index (χ0) is 17.3. The second kappa shape index (κ2) is 7.06. The molecule has 23 heavy (non-hydrogen) atoms. The van der Waals surface area contributed by atoms with E-state index in [1.165, 1.54) is 24.3 Å². The van der Waals surface area contributed by atoms with E-state index in [9.17, 15) is 16.8 Å². The molecule has 1 aliphatic heterocycles. The Balaban J connectivity index is 2.24. The number of rotatable bonds is 6. The molecule has 0 bridgehead atoms. The molecule has 2 atom stereocenters. The second-order valence-corrected chi connectivity index (χ2v) is 10.7. The number of benzene rings is 1. The molecule has 0 amide bonds. The molecule has 6 nitrogen and oxygen atoms in total. The molecule has 1 heterocycles. The third kappa shape index (κ3) is 4.67. The first-order valence-corrected chi connectivity index (χ1v) is 10.9. The average Bonchev–Trinajstić information content (AvgIpc) is 2.75. The Morgan fingerprint density at radius 3 is 2.39 bits per heavy atom. The van der Waals surface area contributed by atoms with Crippen molar-refractivity contribution in [2.45, 2.75) is 16.2 Å². The van der Waals surface area contributed by atoms with E-state index in [1.54, 1.807) is 0 Å². The molecule has 1 fully saturated rings. The summed E-state index contributed by atoms with van der Waals surface area (Å²) in [7, 11) is -3.32. The molecule has 1 aliphatic rings. The molecule has 130 valence electrons. The third-order valence-corrected chi connectivity index (χ3v) is 8.23. The third-order valence-electron chi connectivity index (χ3n) is 3.81. The molecule has 0 unspecified atom stereocenters. The van der Waals surface area contributed by atoms with Crippen molar-refractivity contribution in [1.82, 2.24) is 10.2 Å². The number of likely N-dealkylation sites (N-methyl/N-ethyl adjacent to an activating group) is 1. The van der Waals surface area contributed by atoms with Gasteiger partial charge in [0.25, 0.3) is 0 Å². The van der Waals surface area contributed by atoms with Crippen molar-refractivity contribution in [3.8, 4) is 0 Å². The van der Waals surface area contributed by atoms with Crippen LogP contribution in [-0.2, 0) is 19.7 Å². The summed E-state index contributed by atoms with van der Waals surface area (Å²) in [6.45, 7) is 1.23. The molecule has 2 rings (SSSR count). The monoisotopic (exact) mass is 380 g/mol. The lowest BCUT2D eigenvalue weighted by molar-refractivity contribution is 0.388. The molecular formula is C14H21ClN2O4S2. The molecule has 0 saturated carbocycles. The zero-order valence-electron chi connectivity index (χ0n) is 13.1. The topological polar surface area (TPSA) is 83.6 Å². The predicted octanol–water partition coefficient (Wildman–Crippen LogP) is 0.431. The van der Waals surface area contributed by atoms with Gasteiger partial charge in [-0.25, -0.2) is 16.8 Å². The largest absolute Gasteiger partial charge is 0.310 e. The molecule has 0 spiro atoms. The van der Waals surface area contributed by atoms with Crippen LogP contribution in [0.5, 0.6) is 0 Å². The van der Waals surface area contributed by atoms with Crippen LogP contribution in [0.15, 0.2) is 29.2 Å². The van der Waals surface area contributed by atoms with Crippen LogP contribution in [-0.4, -0.2) is 71.7 Å². The van der Waals surface area contributed by atoms with Gasteiger partial charge in [-0.15, -0.1) is 0 Å². The van der Waals surface area contributed by atoms with Gasteiger partial charge in [-0.2, -0.15) is 0 Å².